The van der Waals surface area contributed by atoms with E-state index < -0.39 is 17.9 Å². The lowest BCUT2D eigenvalue weighted by Gasteiger charge is -2.17. The van der Waals surface area contributed by atoms with Gasteiger partial charge in [0, 0.05) is 6.92 Å². The van der Waals surface area contributed by atoms with Crippen molar-refractivity contribution in [3.63, 3.8) is 0 Å². The molecule has 1 aromatic rings. The zero-order chi connectivity index (χ0) is 16.7. The number of amides is 2. The highest BCUT2D eigenvalue weighted by Crippen LogP contribution is 2.16. The third-order valence-electron chi connectivity index (χ3n) is 2.83. The molecule has 0 aliphatic carbocycles. The van der Waals surface area contributed by atoms with Crippen molar-refractivity contribution < 1.29 is 19.1 Å². The maximum absolute atomic E-state index is 12.4. The maximum Gasteiger partial charge on any atom is 0.328 e. The molecule has 0 spiro atoms. The summed E-state index contributed by atoms with van der Waals surface area (Å²) in [5, 5.41) is 5.18. The van der Waals surface area contributed by atoms with E-state index in [0.29, 0.717) is 5.69 Å². The molecule has 0 bridgehead atoms. The van der Waals surface area contributed by atoms with Gasteiger partial charge in [0.2, 0.25) is 5.91 Å². The molecule has 0 saturated carbocycles. The lowest BCUT2D eigenvalue weighted by Crippen LogP contribution is -2.41. The molecule has 0 aromatic heterocycles. The second kappa shape index (κ2) is 7.97. The molecule has 0 unspecified atom stereocenters. The first-order chi connectivity index (χ1) is 10.3. The summed E-state index contributed by atoms with van der Waals surface area (Å²) < 4.78 is 4.68. The second-order valence-corrected chi connectivity index (χ2v) is 4.94. The van der Waals surface area contributed by atoms with Gasteiger partial charge in [-0.2, -0.15) is 0 Å². The fourth-order valence-corrected chi connectivity index (χ4v) is 1.90. The first kappa shape index (κ1) is 17.4. The number of hydrogen-bond donors (Lipinski definition) is 2. The zero-order valence-corrected chi connectivity index (χ0v) is 12.9. The minimum atomic E-state index is -0.819. The lowest BCUT2D eigenvalue weighted by molar-refractivity contribution is -0.142. The molecule has 1 atom stereocenters. The average molecular weight is 304 g/mol. The Hall–Kier alpha value is -2.63. The monoisotopic (exact) mass is 304 g/mol. The Morgan fingerprint density at radius 3 is 2.41 bits per heavy atom. The van der Waals surface area contributed by atoms with Crippen LogP contribution in [0.1, 0.15) is 30.6 Å². The number of ether oxygens (including phenoxy) is 1. The summed E-state index contributed by atoms with van der Waals surface area (Å²) in [6.07, 6.45) is 0.278. The minimum absolute atomic E-state index is 0.272. The molecular formula is C16H20N2O4. The van der Waals surface area contributed by atoms with E-state index in [1.807, 2.05) is 0 Å². The third kappa shape index (κ3) is 5.05. The Morgan fingerprint density at radius 2 is 1.86 bits per heavy atom. The molecule has 0 radical (unpaired) electrons. The molecule has 0 fully saturated rings. The van der Waals surface area contributed by atoms with Gasteiger partial charge in [-0.3, -0.25) is 9.59 Å². The Kier molecular flexibility index (Phi) is 6.31. The van der Waals surface area contributed by atoms with Crippen LogP contribution in [0.15, 0.2) is 36.4 Å². The Morgan fingerprint density at radius 1 is 1.23 bits per heavy atom. The first-order valence-corrected chi connectivity index (χ1v) is 6.74. The molecule has 2 amide bonds. The highest BCUT2D eigenvalue weighted by molar-refractivity contribution is 6.04. The van der Waals surface area contributed by atoms with E-state index in [0.717, 1.165) is 5.57 Å². The zero-order valence-electron chi connectivity index (χ0n) is 12.9. The molecule has 1 rings (SSSR count). The molecule has 0 aliphatic heterocycles. The van der Waals surface area contributed by atoms with Crippen LogP contribution in [0.25, 0.3) is 0 Å². The normalized spacial score (nSPS) is 11.2. The summed E-state index contributed by atoms with van der Waals surface area (Å²) in [5.41, 5.74) is 1.39. The average Bonchev–Trinajstić information content (AvgIpc) is 2.45. The largest absolute Gasteiger partial charge is 0.467 e. The highest BCUT2D eigenvalue weighted by Gasteiger charge is 2.23. The molecular weight excluding hydrogens is 284 g/mol. The molecule has 2 N–H and O–H groups in total. The van der Waals surface area contributed by atoms with E-state index >= 15 is 0 Å². The summed E-state index contributed by atoms with van der Waals surface area (Å²) in [7, 11) is 1.26. The fraction of sp³-hybridized carbons (Fsp3) is 0.312. The number of benzene rings is 1. The predicted octanol–water partition coefficient (Wildman–Crippen LogP) is 1.88. The molecule has 118 valence electrons. The van der Waals surface area contributed by atoms with Crippen LogP contribution in [-0.2, 0) is 14.3 Å². The molecule has 6 nitrogen and oxygen atoms in total. The van der Waals surface area contributed by atoms with E-state index in [9.17, 15) is 14.4 Å². The van der Waals surface area contributed by atoms with Crippen LogP contribution < -0.4 is 10.6 Å². The summed E-state index contributed by atoms with van der Waals surface area (Å²) in [6.45, 7) is 6.84. The number of anilines is 1. The van der Waals surface area contributed by atoms with Crippen LogP contribution in [0.4, 0.5) is 5.69 Å². The molecule has 1 aromatic carbocycles. The SMILES string of the molecule is C=C(C)C[C@H](NC(=O)c1ccccc1NC(C)=O)C(=O)OC. The lowest BCUT2D eigenvalue weighted by atomic mass is 10.1. The van der Waals surface area contributed by atoms with Gasteiger partial charge in [0.05, 0.1) is 18.4 Å². The van der Waals surface area contributed by atoms with E-state index in [1.54, 1.807) is 31.2 Å². The van der Waals surface area contributed by atoms with Crippen LogP contribution in [0, 0.1) is 0 Å². The number of carbonyl (C=O) groups is 3. The highest BCUT2D eigenvalue weighted by atomic mass is 16.5. The van der Waals surface area contributed by atoms with Crippen molar-refractivity contribution in [1.29, 1.82) is 0 Å². The second-order valence-electron chi connectivity index (χ2n) is 4.94. The Balaban J connectivity index is 2.97. The van der Waals surface area contributed by atoms with E-state index in [2.05, 4.69) is 21.9 Å². The number of esters is 1. The third-order valence-corrected chi connectivity index (χ3v) is 2.83. The van der Waals surface area contributed by atoms with Crippen molar-refractivity contribution in [1.82, 2.24) is 5.32 Å². The van der Waals surface area contributed by atoms with Gasteiger partial charge in [-0.1, -0.05) is 17.7 Å². The summed E-state index contributed by atoms with van der Waals surface area (Å²) in [5.74, 6) is -1.30. The van der Waals surface area contributed by atoms with Crippen molar-refractivity contribution in [3.8, 4) is 0 Å². The van der Waals surface area contributed by atoms with Gasteiger partial charge in [0.25, 0.3) is 5.91 Å². The predicted molar refractivity (Wildman–Crippen MR) is 83.4 cm³/mol. The quantitative estimate of drug-likeness (QED) is 0.621. The summed E-state index contributed by atoms with van der Waals surface area (Å²) in [4.78, 5) is 35.3. The van der Waals surface area contributed by atoms with Gasteiger partial charge in [0.1, 0.15) is 6.04 Å². The van der Waals surface area contributed by atoms with Crippen LogP contribution in [0.5, 0.6) is 0 Å². The van der Waals surface area contributed by atoms with Crippen LogP contribution in [-0.4, -0.2) is 30.9 Å². The topological polar surface area (TPSA) is 84.5 Å². The number of hydrogen-bond acceptors (Lipinski definition) is 4. The maximum atomic E-state index is 12.4. The van der Waals surface area contributed by atoms with Crippen LogP contribution >= 0.6 is 0 Å². The number of methoxy groups -OCH3 is 1. The smallest absolute Gasteiger partial charge is 0.328 e. The van der Waals surface area contributed by atoms with Gasteiger partial charge >= 0.3 is 5.97 Å². The van der Waals surface area contributed by atoms with Crippen molar-refractivity contribution in [3.05, 3.63) is 42.0 Å². The van der Waals surface area contributed by atoms with Gasteiger partial charge in [-0.05, 0) is 25.5 Å². The number of rotatable bonds is 6. The Bertz CT molecular complexity index is 596. The van der Waals surface area contributed by atoms with Crippen molar-refractivity contribution in [2.45, 2.75) is 26.3 Å². The fourth-order valence-electron chi connectivity index (χ4n) is 1.90. The molecule has 0 heterocycles. The van der Waals surface area contributed by atoms with Gasteiger partial charge in [-0.15, -0.1) is 6.58 Å². The van der Waals surface area contributed by atoms with E-state index in [1.165, 1.54) is 14.0 Å². The number of carbonyl (C=O) groups excluding carboxylic acids is 3. The standard InChI is InChI=1S/C16H20N2O4/c1-10(2)9-14(16(21)22-4)18-15(20)12-7-5-6-8-13(12)17-11(3)19/h5-8,14H,1,9H2,2-4H3,(H,17,19)(H,18,20)/t14-/m0/s1. The van der Waals surface area contributed by atoms with Crippen molar-refractivity contribution in [2.75, 3.05) is 12.4 Å². The van der Waals surface area contributed by atoms with Crippen molar-refractivity contribution >= 4 is 23.5 Å². The van der Waals surface area contributed by atoms with Gasteiger partial charge in [0.15, 0.2) is 0 Å². The summed E-state index contributed by atoms with van der Waals surface area (Å²) in [6, 6.07) is 5.73. The van der Waals surface area contributed by atoms with E-state index in [4.69, 9.17) is 0 Å². The first-order valence-electron chi connectivity index (χ1n) is 6.74. The van der Waals surface area contributed by atoms with Gasteiger partial charge < -0.3 is 15.4 Å². The minimum Gasteiger partial charge on any atom is -0.467 e. The van der Waals surface area contributed by atoms with Crippen LogP contribution in [0.2, 0.25) is 0 Å². The number of nitrogens with one attached hydrogen (secondary N) is 2. The molecule has 6 heteroatoms. The van der Waals surface area contributed by atoms with E-state index in [-0.39, 0.29) is 17.9 Å². The number of para-hydroxylation sites is 1. The van der Waals surface area contributed by atoms with Crippen LogP contribution in [0.3, 0.4) is 0 Å². The van der Waals surface area contributed by atoms with Gasteiger partial charge in [-0.25, -0.2) is 4.79 Å². The van der Waals surface area contributed by atoms with Crippen molar-refractivity contribution in [2.24, 2.45) is 0 Å². The summed E-state index contributed by atoms with van der Waals surface area (Å²) >= 11 is 0. The Labute approximate surface area is 129 Å². The molecule has 0 saturated heterocycles. The molecule has 22 heavy (non-hydrogen) atoms. The molecule has 0 aliphatic rings.